The molecule has 0 bridgehead atoms. The Morgan fingerprint density at radius 1 is 1.57 bits per heavy atom. The number of hydrogen-bond acceptors (Lipinski definition) is 4. The van der Waals surface area contributed by atoms with Gasteiger partial charge in [0, 0.05) is 11.8 Å². The van der Waals surface area contributed by atoms with Crippen LogP contribution in [0.15, 0.2) is 0 Å². The summed E-state index contributed by atoms with van der Waals surface area (Å²) in [6, 6.07) is -0.105. The highest BCUT2D eigenvalue weighted by Crippen LogP contribution is 2.03. The number of thioether (sulfide) groups is 1. The summed E-state index contributed by atoms with van der Waals surface area (Å²) in [5, 5.41) is -0.818. The lowest BCUT2D eigenvalue weighted by molar-refractivity contribution is 0.568. The quantitative estimate of drug-likeness (QED) is 0.670. The molecule has 2 atom stereocenters. The van der Waals surface area contributed by atoms with Crippen LogP contribution in [0.4, 0.5) is 0 Å². The zero-order valence-corrected chi connectivity index (χ0v) is 10.9. The zero-order chi connectivity index (χ0) is 11.4. The van der Waals surface area contributed by atoms with Gasteiger partial charge in [-0.2, -0.15) is 11.8 Å². The third-order valence-electron chi connectivity index (χ3n) is 1.65. The molecule has 0 spiro atoms. The van der Waals surface area contributed by atoms with Crippen LogP contribution in [0, 0.1) is 0 Å². The first-order chi connectivity index (χ1) is 6.31. The number of hydrogen-bond donors (Lipinski definition) is 2. The molecule has 0 amide bonds. The van der Waals surface area contributed by atoms with Gasteiger partial charge in [0.15, 0.2) is 0 Å². The summed E-state index contributed by atoms with van der Waals surface area (Å²) in [5.74, 6) is 0.725. The molecule has 3 N–H and O–H groups in total. The van der Waals surface area contributed by atoms with Gasteiger partial charge in [-0.05, 0) is 20.1 Å². The van der Waals surface area contributed by atoms with Gasteiger partial charge < -0.3 is 5.73 Å². The van der Waals surface area contributed by atoms with E-state index in [0.29, 0.717) is 0 Å². The second-order valence-corrected chi connectivity index (χ2v) is 6.48. The highest BCUT2D eigenvalue weighted by molar-refractivity contribution is 7.98. The Hall–Kier alpha value is 0.150. The summed E-state index contributed by atoms with van der Waals surface area (Å²) < 4.78 is 25.7. The lowest BCUT2D eigenvalue weighted by Gasteiger charge is -2.16. The SMILES string of the molecule is CSCC(C)NS(=O)(=O)C(C)C(N)=S. The molecule has 0 aliphatic carbocycles. The van der Waals surface area contributed by atoms with E-state index >= 15 is 0 Å². The van der Waals surface area contributed by atoms with Gasteiger partial charge in [0.05, 0.1) is 4.99 Å². The lowest BCUT2D eigenvalue weighted by Crippen LogP contribution is -2.44. The van der Waals surface area contributed by atoms with Crippen LogP contribution in [-0.2, 0) is 10.0 Å². The smallest absolute Gasteiger partial charge is 0.221 e. The average molecular weight is 256 g/mol. The van der Waals surface area contributed by atoms with E-state index < -0.39 is 15.3 Å². The van der Waals surface area contributed by atoms with E-state index in [4.69, 9.17) is 5.73 Å². The molecular formula is C7H16N2O2S3. The highest BCUT2D eigenvalue weighted by atomic mass is 32.2. The molecular weight excluding hydrogens is 240 g/mol. The molecule has 0 rings (SSSR count). The van der Waals surface area contributed by atoms with Crippen molar-refractivity contribution in [3.8, 4) is 0 Å². The van der Waals surface area contributed by atoms with Crippen molar-refractivity contribution in [1.82, 2.24) is 4.72 Å². The van der Waals surface area contributed by atoms with Gasteiger partial charge in [-0.1, -0.05) is 12.2 Å². The van der Waals surface area contributed by atoms with Crippen LogP contribution in [-0.4, -0.2) is 36.7 Å². The Bertz CT molecular complexity index is 289. The molecule has 0 aliphatic heterocycles. The fraction of sp³-hybridized carbons (Fsp3) is 0.857. The third kappa shape index (κ3) is 4.59. The van der Waals surface area contributed by atoms with Crippen LogP contribution in [0.2, 0.25) is 0 Å². The summed E-state index contributed by atoms with van der Waals surface area (Å²) in [6.45, 7) is 3.29. The van der Waals surface area contributed by atoms with Crippen molar-refractivity contribution in [3.05, 3.63) is 0 Å². The fourth-order valence-corrected chi connectivity index (χ4v) is 3.04. The van der Waals surface area contributed by atoms with Crippen LogP contribution in [0.3, 0.4) is 0 Å². The minimum Gasteiger partial charge on any atom is -0.392 e. The van der Waals surface area contributed by atoms with Gasteiger partial charge in [0.1, 0.15) is 5.25 Å². The third-order valence-corrected chi connectivity index (χ3v) is 4.90. The maximum absolute atomic E-state index is 11.6. The van der Waals surface area contributed by atoms with E-state index in [1.165, 1.54) is 6.92 Å². The molecule has 0 heterocycles. The van der Waals surface area contributed by atoms with Gasteiger partial charge in [-0.3, -0.25) is 0 Å². The molecule has 0 aromatic rings. The molecule has 14 heavy (non-hydrogen) atoms. The first kappa shape index (κ1) is 14.2. The van der Waals surface area contributed by atoms with Crippen molar-refractivity contribution in [1.29, 1.82) is 0 Å². The van der Waals surface area contributed by atoms with Crippen LogP contribution in [0.1, 0.15) is 13.8 Å². The molecule has 0 saturated carbocycles. The second kappa shape index (κ2) is 5.89. The van der Waals surface area contributed by atoms with Gasteiger partial charge >= 0.3 is 0 Å². The Kier molecular flexibility index (Phi) is 5.96. The summed E-state index contributed by atoms with van der Waals surface area (Å²) in [4.78, 5) is -0.00569. The van der Waals surface area contributed by atoms with Crippen molar-refractivity contribution < 1.29 is 8.42 Å². The van der Waals surface area contributed by atoms with Crippen LogP contribution >= 0.6 is 24.0 Å². The summed E-state index contributed by atoms with van der Waals surface area (Å²) in [5.41, 5.74) is 5.28. The van der Waals surface area contributed by atoms with E-state index in [1.807, 2.05) is 6.26 Å². The Morgan fingerprint density at radius 2 is 2.07 bits per heavy atom. The number of nitrogens with one attached hydrogen (secondary N) is 1. The molecule has 2 unspecified atom stereocenters. The number of nitrogens with two attached hydrogens (primary N) is 1. The van der Waals surface area contributed by atoms with E-state index in [0.717, 1.165) is 5.75 Å². The maximum atomic E-state index is 11.6. The van der Waals surface area contributed by atoms with E-state index in [1.54, 1.807) is 18.7 Å². The zero-order valence-electron chi connectivity index (χ0n) is 8.48. The Balaban J connectivity index is 4.42. The van der Waals surface area contributed by atoms with Crippen LogP contribution < -0.4 is 10.5 Å². The van der Waals surface area contributed by atoms with Crippen LogP contribution in [0.5, 0.6) is 0 Å². The van der Waals surface area contributed by atoms with Gasteiger partial charge in [-0.25, -0.2) is 13.1 Å². The number of thiocarbonyl (C=S) groups is 1. The predicted octanol–water partition coefficient (Wildman–Crippen LogP) is 0.332. The summed E-state index contributed by atoms with van der Waals surface area (Å²) in [7, 11) is -3.41. The predicted molar refractivity (Wildman–Crippen MR) is 66.1 cm³/mol. The number of rotatable bonds is 6. The van der Waals surface area contributed by atoms with Crippen molar-refractivity contribution in [2.45, 2.75) is 25.1 Å². The monoisotopic (exact) mass is 256 g/mol. The van der Waals surface area contributed by atoms with Crippen LogP contribution in [0.25, 0.3) is 0 Å². The molecule has 84 valence electrons. The standard InChI is InChI=1S/C7H16N2O2S3/c1-5(4-13-3)9-14(10,11)6(2)7(8)12/h5-6,9H,4H2,1-3H3,(H2,8,12). The van der Waals surface area contributed by atoms with Crippen molar-refractivity contribution in [3.63, 3.8) is 0 Å². The molecule has 0 radical (unpaired) electrons. The van der Waals surface area contributed by atoms with Gasteiger partial charge in [0.25, 0.3) is 0 Å². The highest BCUT2D eigenvalue weighted by Gasteiger charge is 2.24. The summed E-state index contributed by atoms with van der Waals surface area (Å²) in [6.07, 6.45) is 1.92. The molecule has 0 saturated heterocycles. The van der Waals surface area contributed by atoms with Gasteiger partial charge in [0.2, 0.25) is 10.0 Å². The molecule has 4 nitrogen and oxygen atoms in total. The molecule has 7 heteroatoms. The molecule has 0 aliphatic rings. The lowest BCUT2D eigenvalue weighted by atomic mass is 10.4. The molecule has 0 fully saturated rings. The van der Waals surface area contributed by atoms with Gasteiger partial charge in [-0.15, -0.1) is 0 Å². The molecule has 0 aromatic heterocycles. The topological polar surface area (TPSA) is 72.2 Å². The molecule has 0 aromatic carbocycles. The normalized spacial score (nSPS) is 16.2. The fourth-order valence-electron chi connectivity index (χ4n) is 0.819. The van der Waals surface area contributed by atoms with E-state index in [2.05, 4.69) is 16.9 Å². The Labute approximate surface area is 95.1 Å². The van der Waals surface area contributed by atoms with Crippen molar-refractivity contribution in [2.24, 2.45) is 5.73 Å². The van der Waals surface area contributed by atoms with Crippen molar-refractivity contribution >= 4 is 39.0 Å². The first-order valence-electron chi connectivity index (χ1n) is 4.10. The minimum atomic E-state index is -3.41. The largest absolute Gasteiger partial charge is 0.392 e. The number of sulfonamides is 1. The minimum absolute atomic E-state index is 0.00569. The second-order valence-electron chi connectivity index (χ2n) is 3.06. The average Bonchev–Trinajstić information content (AvgIpc) is 2.02. The first-order valence-corrected chi connectivity index (χ1v) is 7.45. The Morgan fingerprint density at radius 3 is 2.43 bits per heavy atom. The van der Waals surface area contributed by atoms with E-state index in [-0.39, 0.29) is 11.0 Å². The summed E-state index contributed by atoms with van der Waals surface area (Å²) >= 11 is 6.22. The van der Waals surface area contributed by atoms with Crippen molar-refractivity contribution in [2.75, 3.05) is 12.0 Å². The maximum Gasteiger partial charge on any atom is 0.221 e. The van der Waals surface area contributed by atoms with E-state index in [9.17, 15) is 8.42 Å².